The summed E-state index contributed by atoms with van der Waals surface area (Å²) in [5.74, 6) is -1.08. The smallest absolute Gasteiger partial charge is 0.337 e. The van der Waals surface area contributed by atoms with Gasteiger partial charge in [0, 0.05) is 23.7 Å². The zero-order chi connectivity index (χ0) is 12.4. The van der Waals surface area contributed by atoms with Crippen molar-refractivity contribution in [3.8, 4) is 0 Å². The van der Waals surface area contributed by atoms with E-state index >= 15 is 0 Å². The first-order valence-corrected chi connectivity index (χ1v) is 5.50. The molecule has 1 fully saturated rings. The van der Waals surface area contributed by atoms with Gasteiger partial charge in [-0.2, -0.15) is 0 Å². The van der Waals surface area contributed by atoms with Gasteiger partial charge in [0.2, 0.25) is 5.91 Å². The van der Waals surface area contributed by atoms with Gasteiger partial charge in [-0.1, -0.05) is 11.6 Å². The molecule has 0 radical (unpaired) electrons. The van der Waals surface area contributed by atoms with Crippen LogP contribution >= 0.6 is 11.6 Å². The molecule has 6 heteroatoms. The summed E-state index contributed by atoms with van der Waals surface area (Å²) >= 11 is 5.74. The van der Waals surface area contributed by atoms with Gasteiger partial charge in [0.15, 0.2) is 0 Å². The predicted octanol–water partition coefficient (Wildman–Crippen LogP) is 1.34. The average molecular weight is 255 g/mol. The second-order valence-corrected chi connectivity index (χ2v) is 4.28. The highest BCUT2D eigenvalue weighted by Crippen LogP contribution is 2.22. The molecule has 5 nitrogen and oxygen atoms in total. The minimum absolute atomic E-state index is 0.0339. The topological polar surface area (TPSA) is 78.4 Å². The van der Waals surface area contributed by atoms with Crippen molar-refractivity contribution in [2.75, 3.05) is 11.9 Å². The van der Waals surface area contributed by atoms with E-state index in [2.05, 4.69) is 10.6 Å². The molecule has 1 aromatic carbocycles. The highest BCUT2D eigenvalue weighted by Gasteiger charge is 2.22. The van der Waals surface area contributed by atoms with E-state index in [1.54, 1.807) is 12.1 Å². The molecule has 0 saturated carbocycles. The van der Waals surface area contributed by atoms with E-state index in [4.69, 9.17) is 16.7 Å². The van der Waals surface area contributed by atoms with Crippen LogP contribution in [0, 0.1) is 0 Å². The fourth-order valence-electron chi connectivity index (χ4n) is 1.75. The average Bonchev–Trinajstić information content (AvgIpc) is 2.66. The van der Waals surface area contributed by atoms with Gasteiger partial charge in [0.1, 0.15) is 0 Å². The maximum absolute atomic E-state index is 11.0. The molecule has 1 saturated heterocycles. The molecule has 90 valence electrons. The van der Waals surface area contributed by atoms with Crippen molar-refractivity contribution >= 4 is 29.2 Å². The van der Waals surface area contributed by atoms with E-state index in [1.807, 2.05) is 0 Å². The van der Waals surface area contributed by atoms with Crippen LogP contribution in [0.15, 0.2) is 18.2 Å². The summed E-state index contributed by atoms with van der Waals surface area (Å²) < 4.78 is 0. The highest BCUT2D eigenvalue weighted by atomic mass is 35.5. The zero-order valence-electron chi connectivity index (χ0n) is 8.87. The molecule has 0 aromatic heterocycles. The summed E-state index contributed by atoms with van der Waals surface area (Å²) in [7, 11) is 0. The molecule has 1 aromatic rings. The number of carbonyl (C=O) groups is 2. The lowest BCUT2D eigenvalue weighted by Crippen LogP contribution is -2.23. The third-order valence-electron chi connectivity index (χ3n) is 2.55. The van der Waals surface area contributed by atoms with Gasteiger partial charge in [0.05, 0.1) is 11.6 Å². The first-order valence-electron chi connectivity index (χ1n) is 5.12. The lowest BCUT2D eigenvalue weighted by molar-refractivity contribution is -0.119. The van der Waals surface area contributed by atoms with E-state index in [1.165, 1.54) is 6.07 Å². The number of carbonyl (C=O) groups excluding carboxylic acids is 1. The minimum Gasteiger partial charge on any atom is -0.478 e. The standard InChI is InChI=1S/C11H11ClN2O3/c12-6-1-2-9(8(3-6)11(16)17)14-7-4-10(15)13-5-7/h1-3,7,14H,4-5H2,(H,13,15)(H,16,17). The van der Waals surface area contributed by atoms with Crippen LogP contribution < -0.4 is 10.6 Å². The van der Waals surface area contributed by atoms with E-state index in [-0.39, 0.29) is 17.5 Å². The van der Waals surface area contributed by atoms with Crippen molar-refractivity contribution in [1.29, 1.82) is 0 Å². The number of halogens is 1. The second-order valence-electron chi connectivity index (χ2n) is 3.84. The summed E-state index contributed by atoms with van der Waals surface area (Å²) in [6.45, 7) is 0.501. The van der Waals surface area contributed by atoms with Crippen LogP contribution in [-0.2, 0) is 4.79 Å². The molecule has 1 amide bonds. The molecule has 1 heterocycles. The summed E-state index contributed by atoms with van der Waals surface area (Å²) in [4.78, 5) is 22.1. The Morgan fingerprint density at radius 2 is 2.29 bits per heavy atom. The van der Waals surface area contributed by atoms with Gasteiger partial charge in [0.25, 0.3) is 0 Å². The van der Waals surface area contributed by atoms with Crippen LogP contribution in [0.2, 0.25) is 5.02 Å². The number of benzene rings is 1. The van der Waals surface area contributed by atoms with Crippen LogP contribution in [-0.4, -0.2) is 29.6 Å². The Kier molecular flexibility index (Phi) is 3.19. The Labute approximate surface area is 103 Å². The fraction of sp³-hybridized carbons (Fsp3) is 0.273. The molecule has 1 aliphatic rings. The normalized spacial score (nSPS) is 18.9. The van der Waals surface area contributed by atoms with Gasteiger partial charge in [-0.3, -0.25) is 4.79 Å². The Bertz CT molecular complexity index is 476. The van der Waals surface area contributed by atoms with Gasteiger partial charge in [-0.15, -0.1) is 0 Å². The van der Waals surface area contributed by atoms with Crippen molar-refractivity contribution in [3.63, 3.8) is 0 Å². The summed E-state index contributed by atoms with van der Waals surface area (Å²) in [5, 5.41) is 15.1. The SMILES string of the molecule is O=C1CC(Nc2ccc(Cl)cc2C(=O)O)CN1. The molecule has 1 atom stereocenters. The minimum atomic E-state index is -1.05. The molecule has 1 unspecified atom stereocenters. The van der Waals surface area contributed by atoms with Crippen LogP contribution in [0.4, 0.5) is 5.69 Å². The Morgan fingerprint density at radius 1 is 1.53 bits per heavy atom. The maximum atomic E-state index is 11.0. The molecule has 0 aliphatic carbocycles. The van der Waals surface area contributed by atoms with Crippen molar-refractivity contribution < 1.29 is 14.7 Å². The van der Waals surface area contributed by atoms with Crippen molar-refractivity contribution in [2.24, 2.45) is 0 Å². The first kappa shape index (κ1) is 11.7. The highest BCUT2D eigenvalue weighted by molar-refractivity contribution is 6.31. The number of hydrogen-bond donors (Lipinski definition) is 3. The molecule has 3 N–H and O–H groups in total. The predicted molar refractivity (Wildman–Crippen MR) is 63.4 cm³/mol. The maximum Gasteiger partial charge on any atom is 0.337 e. The van der Waals surface area contributed by atoms with Crippen molar-refractivity contribution in [3.05, 3.63) is 28.8 Å². The van der Waals surface area contributed by atoms with Crippen molar-refractivity contribution in [2.45, 2.75) is 12.5 Å². The molecular formula is C11H11ClN2O3. The number of anilines is 1. The second kappa shape index (κ2) is 4.63. The van der Waals surface area contributed by atoms with E-state index in [0.29, 0.717) is 23.7 Å². The number of nitrogens with one attached hydrogen (secondary N) is 2. The zero-order valence-corrected chi connectivity index (χ0v) is 9.62. The largest absolute Gasteiger partial charge is 0.478 e. The number of carboxylic acids is 1. The van der Waals surface area contributed by atoms with E-state index < -0.39 is 5.97 Å². The van der Waals surface area contributed by atoms with Crippen LogP contribution in [0.5, 0.6) is 0 Å². The number of amides is 1. The Balaban J connectivity index is 2.20. The number of hydrogen-bond acceptors (Lipinski definition) is 3. The molecule has 2 rings (SSSR count). The number of rotatable bonds is 3. The number of aromatic carboxylic acids is 1. The molecule has 1 aliphatic heterocycles. The quantitative estimate of drug-likeness (QED) is 0.761. The molecular weight excluding hydrogens is 244 g/mol. The molecule has 0 spiro atoms. The van der Waals surface area contributed by atoms with Crippen LogP contribution in [0.1, 0.15) is 16.8 Å². The summed E-state index contributed by atoms with van der Waals surface area (Å²) in [5.41, 5.74) is 0.584. The number of carboxylic acid groups (broad SMARTS) is 1. The molecule has 17 heavy (non-hydrogen) atoms. The third-order valence-corrected chi connectivity index (χ3v) is 2.78. The fourth-order valence-corrected chi connectivity index (χ4v) is 1.92. The van der Waals surface area contributed by atoms with Crippen molar-refractivity contribution in [1.82, 2.24) is 5.32 Å². The van der Waals surface area contributed by atoms with Gasteiger partial charge in [-0.25, -0.2) is 4.79 Å². The third kappa shape index (κ3) is 2.68. The Morgan fingerprint density at radius 3 is 2.88 bits per heavy atom. The van der Waals surface area contributed by atoms with Crippen LogP contribution in [0.3, 0.4) is 0 Å². The molecule has 0 bridgehead atoms. The van der Waals surface area contributed by atoms with E-state index in [9.17, 15) is 9.59 Å². The van der Waals surface area contributed by atoms with E-state index in [0.717, 1.165) is 0 Å². The van der Waals surface area contributed by atoms with Crippen LogP contribution in [0.25, 0.3) is 0 Å². The van der Waals surface area contributed by atoms with Gasteiger partial charge >= 0.3 is 5.97 Å². The Hall–Kier alpha value is -1.75. The lowest BCUT2D eigenvalue weighted by Gasteiger charge is -2.14. The summed E-state index contributed by atoms with van der Waals surface area (Å²) in [6.07, 6.45) is 0.349. The lowest BCUT2D eigenvalue weighted by atomic mass is 10.1. The van der Waals surface area contributed by atoms with Gasteiger partial charge in [-0.05, 0) is 18.2 Å². The van der Waals surface area contributed by atoms with Gasteiger partial charge < -0.3 is 15.7 Å². The first-order chi connectivity index (χ1) is 8.06. The summed E-state index contributed by atoms with van der Waals surface area (Å²) in [6, 6.07) is 4.52. The monoisotopic (exact) mass is 254 g/mol.